The van der Waals surface area contributed by atoms with Crippen molar-refractivity contribution < 1.29 is 19.2 Å². The van der Waals surface area contributed by atoms with Crippen LogP contribution in [0.15, 0.2) is 23.1 Å². The van der Waals surface area contributed by atoms with Crippen molar-refractivity contribution >= 4 is 28.6 Å². The second-order valence-corrected chi connectivity index (χ2v) is 5.11. The Morgan fingerprint density at radius 1 is 1.41 bits per heavy atom. The highest BCUT2D eigenvalue weighted by Crippen LogP contribution is 2.29. The summed E-state index contributed by atoms with van der Waals surface area (Å²) in [6.45, 7) is 0. The Morgan fingerprint density at radius 2 is 2.18 bits per heavy atom. The maximum atomic E-state index is 11.7. The molecule has 17 heavy (non-hydrogen) atoms. The van der Waals surface area contributed by atoms with Crippen molar-refractivity contribution in [3.63, 3.8) is 0 Å². The molecule has 90 valence electrons. The number of anilines is 1. The summed E-state index contributed by atoms with van der Waals surface area (Å²) >= 11 is -1.12. The first-order valence-electron chi connectivity index (χ1n) is 5.09. The lowest BCUT2D eigenvalue weighted by molar-refractivity contribution is -0.136. The Labute approximate surface area is 101 Å². The van der Waals surface area contributed by atoms with E-state index < -0.39 is 17.1 Å². The normalized spacial score (nSPS) is 17.4. The van der Waals surface area contributed by atoms with E-state index in [0.29, 0.717) is 16.3 Å². The molecule has 1 aliphatic rings. The van der Waals surface area contributed by atoms with E-state index in [1.807, 2.05) is 0 Å². The van der Waals surface area contributed by atoms with E-state index in [-0.39, 0.29) is 18.6 Å². The molecule has 0 spiro atoms. The van der Waals surface area contributed by atoms with Gasteiger partial charge in [-0.3, -0.25) is 9.59 Å². The van der Waals surface area contributed by atoms with Crippen molar-refractivity contribution in [2.45, 2.75) is 17.7 Å². The molecule has 0 aromatic heterocycles. The van der Waals surface area contributed by atoms with Crippen LogP contribution in [0.2, 0.25) is 0 Å². The molecule has 0 saturated heterocycles. The quantitative estimate of drug-likeness (QED) is 0.622. The van der Waals surface area contributed by atoms with Gasteiger partial charge in [0.25, 0.3) is 0 Å². The van der Waals surface area contributed by atoms with E-state index in [1.54, 1.807) is 18.2 Å². The maximum absolute atomic E-state index is 11.7. The van der Waals surface area contributed by atoms with Crippen molar-refractivity contribution in [2.75, 3.05) is 11.2 Å². The molecule has 1 atom stereocenters. The summed E-state index contributed by atoms with van der Waals surface area (Å²) in [4.78, 5) is 22.7. The molecule has 2 rings (SSSR count). The highest BCUT2D eigenvalue weighted by Gasteiger charge is 2.25. The number of nitrogens with one attached hydrogen (secondary N) is 1. The predicted octanol–water partition coefficient (Wildman–Crippen LogP) is 1.22. The highest BCUT2D eigenvalue weighted by molar-refractivity contribution is 7.92. The molecule has 1 aromatic carbocycles. The summed E-state index contributed by atoms with van der Waals surface area (Å²) < 4.78 is 11.5. The molecule has 1 aromatic rings. The number of carboxylic acid groups (broad SMARTS) is 1. The minimum atomic E-state index is -1.12. The summed E-state index contributed by atoms with van der Waals surface area (Å²) in [6, 6.07) is 4.91. The van der Waals surface area contributed by atoms with Gasteiger partial charge in [0.1, 0.15) is 0 Å². The predicted molar refractivity (Wildman–Crippen MR) is 62.5 cm³/mol. The van der Waals surface area contributed by atoms with Gasteiger partial charge in [-0.2, -0.15) is 0 Å². The molecular formula is C11H11NO4S. The van der Waals surface area contributed by atoms with E-state index in [9.17, 15) is 14.1 Å². The van der Waals surface area contributed by atoms with Crippen LogP contribution in [0.4, 0.5) is 5.69 Å². The van der Waals surface area contributed by atoms with Gasteiger partial charge in [0, 0.05) is 29.2 Å². The summed E-state index contributed by atoms with van der Waals surface area (Å²) in [5.41, 5.74) is 1.19. The summed E-state index contributed by atoms with van der Waals surface area (Å²) in [5.74, 6) is -0.869. The molecule has 1 heterocycles. The number of Topliss-reactive ketones (excluding diaryl/α,β-unsaturated/α-hetero) is 1. The second-order valence-electron chi connectivity index (χ2n) is 3.69. The molecule has 0 saturated carbocycles. The molecule has 0 fully saturated rings. The fraction of sp³-hybridized carbons (Fsp3) is 0.273. The van der Waals surface area contributed by atoms with Crippen LogP contribution in [0.25, 0.3) is 0 Å². The van der Waals surface area contributed by atoms with Crippen molar-refractivity contribution in [1.29, 1.82) is 0 Å². The van der Waals surface area contributed by atoms with Gasteiger partial charge in [-0.25, -0.2) is 0 Å². The topological polar surface area (TPSA) is 89.5 Å². The number of carbonyl (C=O) groups is 2. The second kappa shape index (κ2) is 4.77. The van der Waals surface area contributed by atoms with Crippen LogP contribution in [0.5, 0.6) is 0 Å². The third-order valence-corrected chi connectivity index (χ3v) is 3.74. The Balaban J connectivity index is 2.14. The van der Waals surface area contributed by atoms with Gasteiger partial charge < -0.3 is 15.0 Å². The largest absolute Gasteiger partial charge is 0.610 e. The molecule has 6 heteroatoms. The monoisotopic (exact) mass is 253 g/mol. The minimum Gasteiger partial charge on any atom is -0.610 e. The van der Waals surface area contributed by atoms with E-state index in [1.165, 1.54) is 0 Å². The zero-order valence-electron chi connectivity index (χ0n) is 8.93. The van der Waals surface area contributed by atoms with Crippen LogP contribution in [0, 0.1) is 0 Å². The van der Waals surface area contributed by atoms with Gasteiger partial charge >= 0.3 is 5.97 Å². The van der Waals surface area contributed by atoms with Gasteiger partial charge in [-0.05, 0) is 12.1 Å². The molecule has 1 unspecified atom stereocenters. The smallest absolute Gasteiger partial charge is 0.303 e. The van der Waals surface area contributed by atoms with Crippen molar-refractivity contribution in [1.82, 2.24) is 0 Å². The molecule has 1 aliphatic heterocycles. The summed E-state index contributed by atoms with van der Waals surface area (Å²) in [6.07, 6.45) is -0.217. The number of aliphatic carboxylic acids is 1. The van der Waals surface area contributed by atoms with Gasteiger partial charge in [0.2, 0.25) is 0 Å². The first-order valence-corrected chi connectivity index (χ1v) is 6.41. The van der Waals surface area contributed by atoms with Gasteiger partial charge in [-0.1, -0.05) is 0 Å². The van der Waals surface area contributed by atoms with Crippen LogP contribution >= 0.6 is 0 Å². The molecular weight excluding hydrogens is 242 g/mol. The standard InChI is InChI=1S/C11H11NO4S/c13-9(3-4-11(14)15)7-1-2-8-10(5-7)17(16)6-12-8/h1-2,5,12H,3-4,6H2,(H,14,15). The van der Waals surface area contributed by atoms with Gasteiger partial charge in [-0.15, -0.1) is 0 Å². The van der Waals surface area contributed by atoms with Crippen LogP contribution in [-0.2, 0) is 16.0 Å². The lowest BCUT2D eigenvalue weighted by Gasteiger charge is -2.03. The van der Waals surface area contributed by atoms with Crippen LogP contribution in [0.3, 0.4) is 0 Å². The molecule has 5 nitrogen and oxygen atoms in total. The number of carboxylic acids is 1. The van der Waals surface area contributed by atoms with Crippen molar-refractivity contribution in [3.05, 3.63) is 23.8 Å². The Bertz CT molecular complexity index is 475. The van der Waals surface area contributed by atoms with Crippen molar-refractivity contribution in [3.8, 4) is 0 Å². The average molecular weight is 253 g/mol. The molecule has 0 radical (unpaired) electrons. The van der Waals surface area contributed by atoms with Crippen molar-refractivity contribution in [2.24, 2.45) is 0 Å². The number of carbonyl (C=O) groups excluding carboxylic acids is 1. The first-order chi connectivity index (χ1) is 8.08. The van der Waals surface area contributed by atoms with Gasteiger partial charge in [0.15, 0.2) is 16.6 Å². The van der Waals surface area contributed by atoms with E-state index in [0.717, 1.165) is 5.69 Å². The Morgan fingerprint density at radius 3 is 2.88 bits per heavy atom. The molecule has 0 bridgehead atoms. The van der Waals surface area contributed by atoms with E-state index in [4.69, 9.17) is 5.11 Å². The number of hydrogen-bond acceptors (Lipinski definition) is 4. The minimum absolute atomic E-state index is 0.0335. The zero-order chi connectivity index (χ0) is 12.4. The Kier molecular flexibility index (Phi) is 3.35. The third-order valence-electron chi connectivity index (χ3n) is 2.51. The van der Waals surface area contributed by atoms with Crippen LogP contribution < -0.4 is 5.32 Å². The lowest BCUT2D eigenvalue weighted by Crippen LogP contribution is -2.05. The van der Waals surface area contributed by atoms with Crippen LogP contribution in [0.1, 0.15) is 23.2 Å². The number of rotatable bonds is 4. The summed E-state index contributed by atoms with van der Waals surface area (Å²) in [7, 11) is 0. The first kappa shape index (κ1) is 11.9. The molecule has 0 amide bonds. The SMILES string of the molecule is O=C(O)CCC(=O)c1ccc2c(c1)[S+]([O-])CN2. The molecule has 2 N–H and O–H groups in total. The number of hydrogen-bond donors (Lipinski definition) is 2. The average Bonchev–Trinajstić information content (AvgIpc) is 2.67. The lowest BCUT2D eigenvalue weighted by atomic mass is 10.1. The highest BCUT2D eigenvalue weighted by atomic mass is 32.2. The van der Waals surface area contributed by atoms with Gasteiger partial charge in [0.05, 0.1) is 12.1 Å². The maximum Gasteiger partial charge on any atom is 0.303 e. The van der Waals surface area contributed by atoms with E-state index in [2.05, 4.69) is 5.32 Å². The zero-order valence-corrected chi connectivity index (χ0v) is 9.75. The summed E-state index contributed by atoms with van der Waals surface area (Å²) in [5, 5.41) is 11.5. The fourth-order valence-electron chi connectivity index (χ4n) is 1.62. The third kappa shape index (κ3) is 2.59. The number of benzene rings is 1. The Hall–Kier alpha value is -1.53. The number of ketones is 1. The van der Waals surface area contributed by atoms with E-state index >= 15 is 0 Å². The fourth-order valence-corrected chi connectivity index (χ4v) is 2.70. The molecule has 0 aliphatic carbocycles. The van der Waals surface area contributed by atoms with Crippen LogP contribution in [-0.4, -0.2) is 27.3 Å². The number of fused-ring (bicyclic) bond motifs is 1.